The first-order valence-electron chi connectivity index (χ1n) is 9.20. The van der Waals surface area contributed by atoms with E-state index in [0.717, 1.165) is 6.42 Å². The van der Waals surface area contributed by atoms with Crippen LogP contribution in [-0.4, -0.2) is 45.6 Å². The van der Waals surface area contributed by atoms with Gasteiger partial charge in [-0.25, -0.2) is 0 Å². The number of nitrogens with zero attached hydrogens (tertiary/aromatic N) is 3. The van der Waals surface area contributed by atoms with E-state index in [4.69, 9.17) is 0 Å². The third kappa shape index (κ3) is 3.47. The molecule has 1 aromatic rings. The van der Waals surface area contributed by atoms with Crippen molar-refractivity contribution in [2.75, 3.05) is 13.1 Å². The van der Waals surface area contributed by atoms with Crippen LogP contribution in [0.2, 0.25) is 0 Å². The van der Waals surface area contributed by atoms with Gasteiger partial charge < -0.3 is 10.2 Å². The van der Waals surface area contributed by atoms with Gasteiger partial charge in [-0.3, -0.25) is 14.3 Å². The summed E-state index contributed by atoms with van der Waals surface area (Å²) in [6.45, 7) is 5.12. The summed E-state index contributed by atoms with van der Waals surface area (Å²) in [7, 11) is 0. The molecule has 0 spiro atoms. The molecule has 24 heavy (non-hydrogen) atoms. The monoisotopic (exact) mass is 332 g/mol. The van der Waals surface area contributed by atoms with Crippen LogP contribution >= 0.6 is 0 Å². The van der Waals surface area contributed by atoms with Crippen molar-refractivity contribution in [2.45, 2.75) is 64.5 Å². The zero-order valence-electron chi connectivity index (χ0n) is 14.7. The fraction of sp³-hybridized carbons (Fsp3) is 0.722. The van der Waals surface area contributed by atoms with Crippen LogP contribution in [0.15, 0.2) is 12.3 Å². The number of hydrogen-bond acceptors (Lipinski definition) is 3. The van der Waals surface area contributed by atoms with Gasteiger partial charge in [0.05, 0.1) is 0 Å². The van der Waals surface area contributed by atoms with Crippen LogP contribution in [0.3, 0.4) is 0 Å². The molecule has 2 amide bonds. The first-order valence-corrected chi connectivity index (χ1v) is 9.20. The maximum Gasteiger partial charge on any atom is 0.272 e. The predicted octanol–water partition coefficient (Wildman–Crippen LogP) is 2.38. The van der Waals surface area contributed by atoms with E-state index in [2.05, 4.69) is 10.4 Å². The smallest absolute Gasteiger partial charge is 0.272 e. The van der Waals surface area contributed by atoms with Crippen molar-refractivity contribution < 1.29 is 9.59 Å². The van der Waals surface area contributed by atoms with Crippen LogP contribution in [0, 0.1) is 5.92 Å². The molecule has 2 heterocycles. The van der Waals surface area contributed by atoms with Crippen molar-refractivity contribution in [3.8, 4) is 0 Å². The van der Waals surface area contributed by atoms with Gasteiger partial charge in [0, 0.05) is 25.3 Å². The zero-order valence-corrected chi connectivity index (χ0v) is 14.7. The number of carbonyl (C=O) groups is 2. The standard InChI is InChI=1S/C18H28N4O2/c1-13(2)22-15(8-9-20-22)18(24)21-11-10-19-17(23)16(21)12-14-6-4-3-5-7-14/h8-9,13-14,16H,3-7,10-12H2,1-2H3,(H,19,23)/t16-/m0/s1. The van der Waals surface area contributed by atoms with E-state index in [9.17, 15) is 9.59 Å². The Morgan fingerprint density at radius 2 is 2.08 bits per heavy atom. The largest absolute Gasteiger partial charge is 0.353 e. The third-order valence-electron chi connectivity index (χ3n) is 5.25. The molecule has 3 rings (SSSR count). The van der Waals surface area contributed by atoms with Gasteiger partial charge in [-0.15, -0.1) is 0 Å². The molecule has 6 nitrogen and oxygen atoms in total. The van der Waals surface area contributed by atoms with Crippen molar-refractivity contribution in [1.29, 1.82) is 0 Å². The Morgan fingerprint density at radius 1 is 1.33 bits per heavy atom. The van der Waals surface area contributed by atoms with Crippen molar-refractivity contribution >= 4 is 11.8 Å². The summed E-state index contributed by atoms with van der Waals surface area (Å²) in [6, 6.07) is 1.53. The Hall–Kier alpha value is -1.85. The Balaban J connectivity index is 1.78. The Morgan fingerprint density at radius 3 is 2.79 bits per heavy atom. The number of carbonyl (C=O) groups excluding carboxylic acids is 2. The fourth-order valence-electron chi connectivity index (χ4n) is 3.97. The summed E-state index contributed by atoms with van der Waals surface area (Å²) in [5.41, 5.74) is 0.577. The first-order chi connectivity index (χ1) is 11.6. The van der Waals surface area contributed by atoms with Crippen molar-refractivity contribution in [2.24, 2.45) is 5.92 Å². The second-order valence-electron chi connectivity index (χ2n) is 7.30. The predicted molar refractivity (Wildman–Crippen MR) is 91.6 cm³/mol. The molecule has 0 bridgehead atoms. The number of nitrogens with one attached hydrogen (secondary N) is 1. The molecule has 0 radical (unpaired) electrons. The van der Waals surface area contributed by atoms with E-state index >= 15 is 0 Å². The van der Waals surface area contributed by atoms with Gasteiger partial charge in [0.25, 0.3) is 5.91 Å². The van der Waals surface area contributed by atoms with Gasteiger partial charge in [0.15, 0.2) is 0 Å². The molecule has 1 saturated heterocycles. The normalized spacial score (nSPS) is 22.7. The highest BCUT2D eigenvalue weighted by atomic mass is 16.2. The molecule has 2 fully saturated rings. The number of amides is 2. The molecule has 0 unspecified atom stereocenters. The molecule has 132 valence electrons. The highest BCUT2D eigenvalue weighted by Crippen LogP contribution is 2.29. The maximum atomic E-state index is 13.1. The summed E-state index contributed by atoms with van der Waals surface area (Å²) in [5.74, 6) is 0.477. The van der Waals surface area contributed by atoms with E-state index in [1.54, 1.807) is 21.8 Å². The molecule has 2 aliphatic rings. The zero-order chi connectivity index (χ0) is 17.1. The van der Waals surface area contributed by atoms with E-state index in [0.29, 0.717) is 24.7 Å². The van der Waals surface area contributed by atoms with Crippen molar-refractivity contribution in [3.05, 3.63) is 18.0 Å². The highest BCUT2D eigenvalue weighted by molar-refractivity contribution is 5.97. The second-order valence-corrected chi connectivity index (χ2v) is 7.30. The molecule has 1 aromatic heterocycles. The summed E-state index contributed by atoms with van der Waals surface area (Å²) < 4.78 is 1.74. The Bertz CT molecular complexity index is 590. The van der Waals surface area contributed by atoms with Crippen molar-refractivity contribution in [1.82, 2.24) is 20.0 Å². The summed E-state index contributed by atoms with van der Waals surface area (Å²) >= 11 is 0. The van der Waals surface area contributed by atoms with E-state index in [-0.39, 0.29) is 23.9 Å². The van der Waals surface area contributed by atoms with Crippen LogP contribution in [0.5, 0.6) is 0 Å². The molecular weight excluding hydrogens is 304 g/mol. The third-order valence-corrected chi connectivity index (χ3v) is 5.25. The summed E-state index contributed by atoms with van der Waals surface area (Å²) in [5, 5.41) is 7.19. The fourth-order valence-corrected chi connectivity index (χ4v) is 3.97. The van der Waals surface area contributed by atoms with E-state index < -0.39 is 0 Å². The highest BCUT2D eigenvalue weighted by Gasteiger charge is 2.36. The average molecular weight is 332 g/mol. The lowest BCUT2D eigenvalue weighted by Gasteiger charge is -2.37. The topological polar surface area (TPSA) is 67.2 Å². The molecule has 6 heteroatoms. The number of piperazine rings is 1. The first kappa shape index (κ1) is 17.0. The van der Waals surface area contributed by atoms with Crippen LogP contribution in [0.25, 0.3) is 0 Å². The molecule has 1 aliphatic carbocycles. The second kappa shape index (κ2) is 7.36. The summed E-state index contributed by atoms with van der Waals surface area (Å²) in [6.07, 6.45) is 8.58. The van der Waals surface area contributed by atoms with Gasteiger partial charge >= 0.3 is 0 Å². The average Bonchev–Trinajstić information content (AvgIpc) is 3.07. The number of rotatable bonds is 4. The maximum absolute atomic E-state index is 13.1. The lowest BCUT2D eigenvalue weighted by atomic mass is 9.84. The lowest BCUT2D eigenvalue weighted by Crippen LogP contribution is -2.58. The lowest BCUT2D eigenvalue weighted by molar-refractivity contribution is -0.128. The molecule has 0 aromatic carbocycles. The number of aromatic nitrogens is 2. The molecule has 1 aliphatic heterocycles. The molecular formula is C18H28N4O2. The Kier molecular flexibility index (Phi) is 5.21. The number of hydrogen-bond donors (Lipinski definition) is 1. The molecule has 1 N–H and O–H groups in total. The Labute approximate surface area is 143 Å². The van der Waals surface area contributed by atoms with Gasteiger partial charge in [-0.2, -0.15) is 5.10 Å². The van der Waals surface area contributed by atoms with Crippen LogP contribution in [0.1, 0.15) is 68.9 Å². The minimum atomic E-state index is -0.343. The van der Waals surface area contributed by atoms with E-state index in [1.165, 1.54) is 32.1 Å². The minimum absolute atomic E-state index is 0.00390. The minimum Gasteiger partial charge on any atom is -0.353 e. The SMILES string of the molecule is CC(C)n1nccc1C(=O)N1CCNC(=O)[C@@H]1CC1CCCCC1. The van der Waals surface area contributed by atoms with Crippen LogP contribution in [0.4, 0.5) is 0 Å². The van der Waals surface area contributed by atoms with Gasteiger partial charge in [-0.05, 0) is 32.3 Å². The van der Waals surface area contributed by atoms with Crippen LogP contribution in [-0.2, 0) is 4.79 Å². The van der Waals surface area contributed by atoms with Crippen LogP contribution < -0.4 is 5.32 Å². The van der Waals surface area contributed by atoms with Crippen molar-refractivity contribution in [3.63, 3.8) is 0 Å². The van der Waals surface area contributed by atoms with Gasteiger partial charge in [0.1, 0.15) is 11.7 Å². The summed E-state index contributed by atoms with van der Waals surface area (Å²) in [4.78, 5) is 27.3. The molecule has 1 atom stereocenters. The molecule has 1 saturated carbocycles. The van der Waals surface area contributed by atoms with Gasteiger partial charge in [0.2, 0.25) is 5.91 Å². The van der Waals surface area contributed by atoms with Gasteiger partial charge in [-0.1, -0.05) is 32.1 Å². The quantitative estimate of drug-likeness (QED) is 0.920. The van der Waals surface area contributed by atoms with E-state index in [1.807, 2.05) is 13.8 Å².